The van der Waals surface area contributed by atoms with E-state index >= 15 is 0 Å². The molecule has 1 aromatic heterocycles. The second kappa shape index (κ2) is 5.68. The SMILES string of the molecule is Nc1nnc(N2CCN(Cc3cccc(Cl)c3)CC2)[nH]1. The molecule has 106 valence electrons. The number of hydrogen-bond acceptors (Lipinski definition) is 5. The van der Waals surface area contributed by atoms with Crippen LogP contribution in [0.25, 0.3) is 0 Å². The molecule has 20 heavy (non-hydrogen) atoms. The smallest absolute Gasteiger partial charge is 0.226 e. The molecule has 0 unspecified atom stereocenters. The molecule has 3 rings (SSSR count). The van der Waals surface area contributed by atoms with Gasteiger partial charge in [-0.25, -0.2) is 0 Å². The molecule has 0 aliphatic carbocycles. The second-order valence-electron chi connectivity index (χ2n) is 4.93. The summed E-state index contributed by atoms with van der Waals surface area (Å²) >= 11 is 6.01. The van der Waals surface area contributed by atoms with E-state index in [2.05, 4.69) is 31.0 Å². The molecule has 0 saturated carbocycles. The molecular weight excluding hydrogens is 276 g/mol. The van der Waals surface area contributed by atoms with Crippen LogP contribution in [0, 0.1) is 0 Å². The van der Waals surface area contributed by atoms with E-state index in [1.54, 1.807) is 0 Å². The quantitative estimate of drug-likeness (QED) is 0.893. The first-order valence-electron chi connectivity index (χ1n) is 6.60. The molecule has 0 amide bonds. The standard InChI is InChI=1S/C13H17ClN6/c14-11-3-1-2-10(8-11)9-19-4-6-20(7-5-19)13-16-12(15)17-18-13/h1-3,8H,4-7,9H2,(H3,15,16,17,18). The van der Waals surface area contributed by atoms with Crippen molar-refractivity contribution < 1.29 is 0 Å². The Bertz CT molecular complexity index is 576. The zero-order valence-corrected chi connectivity index (χ0v) is 11.8. The number of H-pyrrole nitrogens is 1. The van der Waals surface area contributed by atoms with Crippen molar-refractivity contribution in [3.8, 4) is 0 Å². The summed E-state index contributed by atoms with van der Waals surface area (Å²) in [7, 11) is 0. The number of anilines is 2. The van der Waals surface area contributed by atoms with Crippen LogP contribution in [-0.4, -0.2) is 46.3 Å². The average molecular weight is 293 g/mol. The van der Waals surface area contributed by atoms with Gasteiger partial charge in [0, 0.05) is 37.7 Å². The highest BCUT2D eigenvalue weighted by atomic mass is 35.5. The lowest BCUT2D eigenvalue weighted by Crippen LogP contribution is -2.46. The number of aromatic nitrogens is 3. The van der Waals surface area contributed by atoms with Gasteiger partial charge in [-0.2, -0.15) is 0 Å². The van der Waals surface area contributed by atoms with Crippen LogP contribution < -0.4 is 10.6 Å². The molecule has 2 heterocycles. The molecule has 1 aromatic carbocycles. The van der Waals surface area contributed by atoms with Crippen LogP contribution in [0.5, 0.6) is 0 Å². The third kappa shape index (κ3) is 3.02. The van der Waals surface area contributed by atoms with E-state index in [9.17, 15) is 0 Å². The minimum Gasteiger partial charge on any atom is -0.368 e. The second-order valence-corrected chi connectivity index (χ2v) is 5.36. The fraction of sp³-hybridized carbons (Fsp3) is 0.385. The van der Waals surface area contributed by atoms with E-state index < -0.39 is 0 Å². The highest BCUT2D eigenvalue weighted by Gasteiger charge is 2.19. The summed E-state index contributed by atoms with van der Waals surface area (Å²) in [5.41, 5.74) is 6.80. The van der Waals surface area contributed by atoms with Gasteiger partial charge in [-0.05, 0) is 17.7 Å². The maximum Gasteiger partial charge on any atom is 0.226 e. The molecular formula is C13H17ClN6. The van der Waals surface area contributed by atoms with Crippen molar-refractivity contribution in [2.45, 2.75) is 6.54 Å². The van der Waals surface area contributed by atoms with Crippen LogP contribution in [0.2, 0.25) is 5.02 Å². The van der Waals surface area contributed by atoms with E-state index in [4.69, 9.17) is 17.3 Å². The Labute approximate surface area is 122 Å². The van der Waals surface area contributed by atoms with Crippen LogP contribution in [0.4, 0.5) is 11.9 Å². The van der Waals surface area contributed by atoms with Gasteiger partial charge < -0.3 is 10.6 Å². The van der Waals surface area contributed by atoms with Crippen molar-refractivity contribution in [1.29, 1.82) is 0 Å². The zero-order chi connectivity index (χ0) is 13.9. The molecule has 1 aliphatic rings. The molecule has 0 bridgehead atoms. The number of nitrogens with two attached hydrogens (primary N) is 1. The van der Waals surface area contributed by atoms with Gasteiger partial charge in [0.15, 0.2) is 0 Å². The maximum absolute atomic E-state index is 6.01. The fourth-order valence-electron chi connectivity index (χ4n) is 2.42. The summed E-state index contributed by atoms with van der Waals surface area (Å²) in [5.74, 6) is 1.12. The topological polar surface area (TPSA) is 74.1 Å². The highest BCUT2D eigenvalue weighted by Crippen LogP contribution is 2.15. The van der Waals surface area contributed by atoms with Crippen molar-refractivity contribution in [2.75, 3.05) is 36.8 Å². The number of hydrogen-bond donors (Lipinski definition) is 2. The largest absolute Gasteiger partial charge is 0.368 e. The summed E-state index contributed by atoms with van der Waals surface area (Å²) < 4.78 is 0. The lowest BCUT2D eigenvalue weighted by molar-refractivity contribution is 0.249. The molecule has 1 fully saturated rings. The Balaban J connectivity index is 1.56. The van der Waals surface area contributed by atoms with Gasteiger partial charge in [-0.1, -0.05) is 23.7 Å². The molecule has 1 saturated heterocycles. The van der Waals surface area contributed by atoms with E-state index in [1.165, 1.54) is 5.56 Å². The van der Waals surface area contributed by atoms with E-state index in [0.29, 0.717) is 5.95 Å². The predicted octanol–water partition coefficient (Wildman–Crippen LogP) is 1.36. The van der Waals surface area contributed by atoms with Crippen molar-refractivity contribution in [2.24, 2.45) is 0 Å². The van der Waals surface area contributed by atoms with Crippen LogP contribution in [0.15, 0.2) is 24.3 Å². The lowest BCUT2D eigenvalue weighted by Gasteiger charge is -2.34. The molecule has 7 heteroatoms. The summed E-state index contributed by atoms with van der Waals surface area (Å²) in [5, 5.41) is 8.60. The number of rotatable bonds is 3. The van der Waals surface area contributed by atoms with Crippen molar-refractivity contribution in [1.82, 2.24) is 20.1 Å². The Morgan fingerprint density at radius 1 is 1.20 bits per heavy atom. The zero-order valence-electron chi connectivity index (χ0n) is 11.1. The van der Waals surface area contributed by atoms with Crippen LogP contribution in [-0.2, 0) is 6.54 Å². The molecule has 3 N–H and O–H groups in total. The monoisotopic (exact) mass is 292 g/mol. The Morgan fingerprint density at radius 3 is 2.65 bits per heavy atom. The number of nitrogens with one attached hydrogen (secondary N) is 1. The van der Waals surface area contributed by atoms with Gasteiger partial charge in [0.2, 0.25) is 11.9 Å². The molecule has 6 nitrogen and oxygen atoms in total. The number of piperazine rings is 1. The van der Waals surface area contributed by atoms with Crippen LogP contribution in [0.3, 0.4) is 0 Å². The normalized spacial score (nSPS) is 16.6. The number of aromatic amines is 1. The first-order chi connectivity index (χ1) is 9.70. The third-order valence-electron chi connectivity index (χ3n) is 3.46. The first kappa shape index (κ1) is 13.2. The number of halogens is 1. The Morgan fingerprint density at radius 2 is 2.00 bits per heavy atom. The van der Waals surface area contributed by atoms with Crippen molar-refractivity contribution in [3.05, 3.63) is 34.9 Å². The Kier molecular flexibility index (Phi) is 3.75. The minimum absolute atomic E-state index is 0.362. The molecule has 0 spiro atoms. The van der Waals surface area contributed by atoms with Crippen LogP contribution in [0.1, 0.15) is 5.56 Å². The van der Waals surface area contributed by atoms with Crippen LogP contribution >= 0.6 is 11.6 Å². The van der Waals surface area contributed by atoms with Gasteiger partial charge in [-0.3, -0.25) is 9.88 Å². The van der Waals surface area contributed by atoms with Crippen molar-refractivity contribution >= 4 is 23.5 Å². The fourth-order valence-corrected chi connectivity index (χ4v) is 2.63. The number of benzene rings is 1. The van der Waals surface area contributed by atoms with E-state index in [-0.39, 0.29) is 0 Å². The number of nitrogen functional groups attached to an aromatic ring is 1. The van der Waals surface area contributed by atoms with E-state index in [0.717, 1.165) is 43.7 Å². The molecule has 0 radical (unpaired) electrons. The molecule has 0 atom stereocenters. The predicted molar refractivity (Wildman–Crippen MR) is 79.7 cm³/mol. The lowest BCUT2D eigenvalue weighted by atomic mass is 10.2. The van der Waals surface area contributed by atoms with Gasteiger partial charge >= 0.3 is 0 Å². The number of nitrogens with zero attached hydrogens (tertiary/aromatic N) is 4. The summed E-state index contributed by atoms with van der Waals surface area (Å²) in [6.45, 7) is 4.71. The first-order valence-corrected chi connectivity index (χ1v) is 6.98. The van der Waals surface area contributed by atoms with Gasteiger partial charge in [0.1, 0.15) is 0 Å². The minimum atomic E-state index is 0.362. The Hall–Kier alpha value is -1.79. The molecule has 1 aliphatic heterocycles. The highest BCUT2D eigenvalue weighted by molar-refractivity contribution is 6.30. The third-order valence-corrected chi connectivity index (χ3v) is 3.69. The van der Waals surface area contributed by atoms with Crippen molar-refractivity contribution in [3.63, 3.8) is 0 Å². The maximum atomic E-state index is 6.01. The van der Waals surface area contributed by atoms with Gasteiger partial charge in [0.05, 0.1) is 0 Å². The summed E-state index contributed by atoms with van der Waals surface area (Å²) in [4.78, 5) is 7.53. The molecule has 2 aromatic rings. The summed E-state index contributed by atoms with van der Waals surface area (Å²) in [6, 6.07) is 8.02. The van der Waals surface area contributed by atoms with E-state index in [1.807, 2.05) is 18.2 Å². The average Bonchev–Trinajstić information content (AvgIpc) is 2.86. The van der Waals surface area contributed by atoms with Gasteiger partial charge in [0.25, 0.3) is 0 Å². The summed E-state index contributed by atoms with van der Waals surface area (Å²) in [6.07, 6.45) is 0. The van der Waals surface area contributed by atoms with Gasteiger partial charge in [-0.15, -0.1) is 10.2 Å².